The number of aryl methyl sites for hydroxylation is 2. The summed E-state index contributed by atoms with van der Waals surface area (Å²) in [5.74, 6) is 0. The third-order valence-corrected chi connectivity index (χ3v) is 6.68. The Bertz CT molecular complexity index is 633. The summed E-state index contributed by atoms with van der Waals surface area (Å²) in [6.45, 7) is 12.4. The molecule has 1 aromatic carbocycles. The summed E-state index contributed by atoms with van der Waals surface area (Å²) in [4.78, 5) is 2.81. The van der Waals surface area contributed by atoms with Gasteiger partial charge in [0, 0.05) is 12.6 Å². The lowest BCUT2D eigenvalue weighted by Gasteiger charge is -2.23. The minimum Gasteiger partial charge on any atom is -0.299 e. The molecular weight excluding hydrogens is 332 g/mol. The van der Waals surface area contributed by atoms with Crippen molar-refractivity contribution < 1.29 is 8.42 Å². The monoisotopic (exact) mass is 360 g/mol. The molecular formula is C17H29ClN2O2S. The first-order chi connectivity index (χ1) is 10.3. The second-order valence-electron chi connectivity index (χ2n) is 6.37. The highest BCUT2D eigenvalue weighted by atomic mass is 35.5. The van der Waals surface area contributed by atoms with E-state index in [1.54, 1.807) is 0 Å². The summed E-state index contributed by atoms with van der Waals surface area (Å²) in [5.41, 5.74) is 3.77. The molecule has 0 saturated carbocycles. The van der Waals surface area contributed by atoms with Gasteiger partial charge in [-0.1, -0.05) is 13.0 Å². The Hall–Kier alpha value is -0.620. The van der Waals surface area contributed by atoms with Gasteiger partial charge in [-0.2, -0.15) is 0 Å². The molecule has 0 aliphatic carbocycles. The molecule has 0 bridgehead atoms. The summed E-state index contributed by atoms with van der Waals surface area (Å²) in [7, 11) is -3.46. The summed E-state index contributed by atoms with van der Waals surface area (Å²) < 4.78 is 28.4. The first-order valence-corrected chi connectivity index (χ1v) is 9.57. The number of halogens is 1. The van der Waals surface area contributed by atoms with Crippen LogP contribution in [0.15, 0.2) is 11.0 Å². The Morgan fingerprint density at radius 2 is 1.74 bits per heavy atom. The number of sulfonamides is 1. The van der Waals surface area contributed by atoms with E-state index < -0.39 is 10.0 Å². The van der Waals surface area contributed by atoms with Crippen molar-refractivity contribution in [2.75, 3.05) is 19.6 Å². The van der Waals surface area contributed by atoms with Crippen LogP contribution in [0.2, 0.25) is 0 Å². The molecule has 4 nitrogen and oxygen atoms in total. The van der Waals surface area contributed by atoms with E-state index in [4.69, 9.17) is 0 Å². The van der Waals surface area contributed by atoms with Gasteiger partial charge in [-0.3, -0.25) is 4.90 Å². The number of likely N-dealkylation sites (tertiary alicyclic amines) is 1. The maximum atomic E-state index is 12.8. The van der Waals surface area contributed by atoms with Gasteiger partial charge in [0.05, 0.1) is 4.90 Å². The van der Waals surface area contributed by atoms with Crippen LogP contribution >= 0.6 is 12.4 Å². The zero-order valence-corrected chi connectivity index (χ0v) is 16.4. The predicted octanol–water partition coefficient (Wildman–Crippen LogP) is 3.10. The summed E-state index contributed by atoms with van der Waals surface area (Å²) in [6.07, 6.45) is 2.23. The SMILES string of the molecule is CCN1CCCC1CNS(=O)(=O)c1c(C)c(C)cc(C)c1C.Cl. The standard InChI is InChI=1S/C17H28N2O2S.ClH/c1-6-19-9-7-8-16(19)11-18-22(20,21)17-14(4)12(2)10-13(3)15(17)5;/h10,16,18H,6-9,11H2,1-5H3;1H. The first kappa shape index (κ1) is 20.4. The smallest absolute Gasteiger partial charge is 0.241 e. The molecule has 0 spiro atoms. The van der Waals surface area contributed by atoms with E-state index in [0.29, 0.717) is 17.5 Å². The minimum atomic E-state index is -3.46. The normalized spacial score (nSPS) is 18.9. The van der Waals surface area contributed by atoms with E-state index in [0.717, 1.165) is 48.2 Å². The Kier molecular flexibility index (Phi) is 7.08. The van der Waals surface area contributed by atoms with Crippen LogP contribution < -0.4 is 4.72 Å². The van der Waals surface area contributed by atoms with E-state index in [1.807, 2.05) is 27.7 Å². The van der Waals surface area contributed by atoms with Crippen molar-refractivity contribution in [2.24, 2.45) is 0 Å². The van der Waals surface area contributed by atoms with E-state index in [9.17, 15) is 8.42 Å². The van der Waals surface area contributed by atoms with Gasteiger partial charge in [-0.25, -0.2) is 13.1 Å². The average molecular weight is 361 g/mol. The van der Waals surface area contributed by atoms with Crippen molar-refractivity contribution in [2.45, 2.75) is 58.4 Å². The zero-order chi connectivity index (χ0) is 16.5. The fraction of sp³-hybridized carbons (Fsp3) is 0.647. The van der Waals surface area contributed by atoms with Crippen LogP contribution in [0, 0.1) is 27.7 Å². The van der Waals surface area contributed by atoms with Crippen LogP contribution in [-0.4, -0.2) is 39.0 Å². The van der Waals surface area contributed by atoms with Crippen LogP contribution in [0.25, 0.3) is 0 Å². The maximum absolute atomic E-state index is 12.8. The molecule has 132 valence electrons. The molecule has 1 aromatic rings. The second kappa shape index (κ2) is 7.97. The van der Waals surface area contributed by atoms with Crippen LogP contribution in [-0.2, 0) is 10.0 Å². The van der Waals surface area contributed by atoms with Gasteiger partial charge in [0.15, 0.2) is 0 Å². The lowest BCUT2D eigenvalue weighted by Crippen LogP contribution is -2.40. The van der Waals surface area contributed by atoms with Gasteiger partial charge < -0.3 is 0 Å². The lowest BCUT2D eigenvalue weighted by atomic mass is 10.0. The summed E-state index contributed by atoms with van der Waals surface area (Å²) >= 11 is 0. The molecule has 1 N–H and O–H groups in total. The van der Waals surface area contributed by atoms with Gasteiger partial charge in [-0.05, 0) is 75.9 Å². The molecule has 1 aliphatic heterocycles. The van der Waals surface area contributed by atoms with Crippen molar-refractivity contribution in [3.8, 4) is 0 Å². The highest BCUT2D eigenvalue weighted by Crippen LogP contribution is 2.26. The Morgan fingerprint density at radius 3 is 2.26 bits per heavy atom. The fourth-order valence-corrected chi connectivity index (χ4v) is 5.09. The van der Waals surface area contributed by atoms with Crippen molar-refractivity contribution >= 4 is 22.4 Å². The molecule has 1 heterocycles. The Balaban J connectivity index is 0.00000264. The van der Waals surface area contributed by atoms with Gasteiger partial charge in [0.25, 0.3) is 0 Å². The molecule has 2 rings (SSSR count). The summed E-state index contributed by atoms with van der Waals surface area (Å²) in [6, 6.07) is 2.38. The highest BCUT2D eigenvalue weighted by molar-refractivity contribution is 7.89. The molecule has 1 unspecified atom stereocenters. The fourth-order valence-electron chi connectivity index (χ4n) is 3.40. The van der Waals surface area contributed by atoms with Crippen LogP contribution in [0.1, 0.15) is 42.0 Å². The number of nitrogens with zero attached hydrogens (tertiary/aromatic N) is 1. The number of nitrogens with one attached hydrogen (secondary N) is 1. The maximum Gasteiger partial charge on any atom is 0.241 e. The van der Waals surface area contributed by atoms with Crippen LogP contribution in [0.5, 0.6) is 0 Å². The topological polar surface area (TPSA) is 49.4 Å². The molecule has 0 aromatic heterocycles. The summed E-state index contributed by atoms with van der Waals surface area (Å²) in [5, 5.41) is 0. The Labute approximate surface area is 147 Å². The lowest BCUT2D eigenvalue weighted by molar-refractivity contribution is 0.268. The highest BCUT2D eigenvalue weighted by Gasteiger charge is 2.27. The average Bonchev–Trinajstić information content (AvgIpc) is 2.90. The zero-order valence-electron chi connectivity index (χ0n) is 14.8. The molecule has 23 heavy (non-hydrogen) atoms. The van der Waals surface area contributed by atoms with Gasteiger partial charge >= 0.3 is 0 Å². The van der Waals surface area contributed by atoms with Gasteiger partial charge in [0.1, 0.15) is 0 Å². The van der Waals surface area contributed by atoms with Crippen molar-refractivity contribution in [1.29, 1.82) is 0 Å². The molecule has 1 aliphatic rings. The largest absolute Gasteiger partial charge is 0.299 e. The van der Waals surface area contributed by atoms with E-state index in [1.165, 1.54) is 0 Å². The third kappa shape index (κ3) is 4.27. The van der Waals surface area contributed by atoms with Gasteiger partial charge in [-0.15, -0.1) is 12.4 Å². The van der Waals surface area contributed by atoms with E-state index >= 15 is 0 Å². The number of benzene rings is 1. The van der Waals surface area contributed by atoms with Crippen molar-refractivity contribution in [1.82, 2.24) is 9.62 Å². The molecule has 1 atom stereocenters. The van der Waals surface area contributed by atoms with Crippen molar-refractivity contribution in [3.63, 3.8) is 0 Å². The molecule has 0 radical (unpaired) electrons. The Morgan fingerprint density at radius 1 is 1.17 bits per heavy atom. The van der Waals surface area contributed by atoms with E-state index in [-0.39, 0.29) is 12.4 Å². The number of hydrogen-bond acceptors (Lipinski definition) is 3. The van der Waals surface area contributed by atoms with Gasteiger partial charge in [0.2, 0.25) is 10.0 Å². The molecule has 0 amide bonds. The molecule has 6 heteroatoms. The predicted molar refractivity (Wildman–Crippen MR) is 98.1 cm³/mol. The minimum absolute atomic E-state index is 0. The molecule has 1 fully saturated rings. The van der Waals surface area contributed by atoms with Crippen LogP contribution in [0.3, 0.4) is 0 Å². The number of rotatable bonds is 5. The quantitative estimate of drug-likeness (QED) is 0.877. The molecule has 1 saturated heterocycles. The van der Waals surface area contributed by atoms with E-state index in [2.05, 4.69) is 22.6 Å². The van der Waals surface area contributed by atoms with Crippen molar-refractivity contribution in [3.05, 3.63) is 28.3 Å². The van der Waals surface area contributed by atoms with Crippen LogP contribution in [0.4, 0.5) is 0 Å². The number of hydrogen-bond donors (Lipinski definition) is 1. The third-order valence-electron chi connectivity index (χ3n) is 4.98. The second-order valence-corrected chi connectivity index (χ2v) is 8.07. The number of likely N-dealkylation sites (N-methyl/N-ethyl adjacent to an activating group) is 1. The first-order valence-electron chi connectivity index (χ1n) is 8.09.